The highest BCUT2D eigenvalue weighted by Gasteiger charge is 2.40. The maximum Gasteiger partial charge on any atom is 0.0964 e. The van der Waals surface area contributed by atoms with Crippen molar-refractivity contribution in [3.05, 3.63) is 11.9 Å². The molecule has 5 heteroatoms. The first-order valence-corrected chi connectivity index (χ1v) is 8.62. The van der Waals surface area contributed by atoms with Crippen LogP contribution in [-0.4, -0.2) is 32.7 Å². The highest BCUT2D eigenvalue weighted by Crippen LogP contribution is 2.42. The molecule has 1 N–H and O–H groups in total. The largest absolute Gasteiger partial charge is 0.370 e. The molecule has 1 aromatic rings. The number of nitrogens with one attached hydrogen (secondary N) is 1. The molecule has 4 rings (SSSR count). The summed E-state index contributed by atoms with van der Waals surface area (Å²) in [6, 6.07) is 0.722. The van der Waals surface area contributed by atoms with Gasteiger partial charge in [-0.05, 0) is 38.5 Å². The van der Waals surface area contributed by atoms with Gasteiger partial charge in [-0.15, -0.1) is 5.10 Å². The van der Waals surface area contributed by atoms with E-state index in [1.165, 1.54) is 57.8 Å². The summed E-state index contributed by atoms with van der Waals surface area (Å²) in [7, 11) is 0. The molecule has 3 aliphatic rings. The Balaban J connectivity index is 1.29. The van der Waals surface area contributed by atoms with E-state index in [0.717, 1.165) is 24.8 Å². The van der Waals surface area contributed by atoms with Crippen LogP contribution in [0.5, 0.6) is 0 Å². The van der Waals surface area contributed by atoms with Crippen molar-refractivity contribution in [2.24, 2.45) is 0 Å². The van der Waals surface area contributed by atoms with E-state index >= 15 is 0 Å². The summed E-state index contributed by atoms with van der Waals surface area (Å²) in [5.41, 5.74) is 1.26. The van der Waals surface area contributed by atoms with Crippen LogP contribution in [0.3, 0.4) is 0 Å². The maximum absolute atomic E-state index is 6.41. The summed E-state index contributed by atoms with van der Waals surface area (Å²) in [5.74, 6) is 0. The van der Waals surface area contributed by atoms with E-state index < -0.39 is 0 Å². The molecule has 21 heavy (non-hydrogen) atoms. The number of hydrogen-bond acceptors (Lipinski definition) is 4. The molecule has 3 fully saturated rings. The molecule has 0 bridgehead atoms. The van der Waals surface area contributed by atoms with Crippen LogP contribution >= 0.6 is 0 Å². The molecule has 1 atom stereocenters. The Bertz CT molecular complexity index is 476. The van der Waals surface area contributed by atoms with Gasteiger partial charge in [-0.25, -0.2) is 4.68 Å². The molecular weight excluding hydrogens is 264 g/mol. The van der Waals surface area contributed by atoms with Crippen LogP contribution < -0.4 is 5.32 Å². The molecule has 1 spiro atoms. The van der Waals surface area contributed by atoms with Crippen molar-refractivity contribution in [1.29, 1.82) is 0 Å². The van der Waals surface area contributed by atoms with Gasteiger partial charge < -0.3 is 10.1 Å². The second kappa shape index (κ2) is 5.69. The van der Waals surface area contributed by atoms with Crippen LogP contribution in [0.4, 0.5) is 0 Å². The van der Waals surface area contributed by atoms with Crippen LogP contribution in [0, 0.1) is 0 Å². The lowest BCUT2D eigenvalue weighted by atomic mass is 9.83. The van der Waals surface area contributed by atoms with Crippen molar-refractivity contribution in [3.8, 4) is 0 Å². The predicted octanol–water partition coefficient (Wildman–Crippen LogP) is 2.41. The summed E-state index contributed by atoms with van der Waals surface area (Å²) in [6.07, 6.45) is 14.0. The van der Waals surface area contributed by atoms with E-state index in [1.54, 1.807) is 0 Å². The van der Waals surface area contributed by atoms with Gasteiger partial charge >= 0.3 is 0 Å². The number of rotatable bonds is 5. The standard InChI is InChI=1S/C16H26N4O/c1-2-7-16(8-3-1)9-6-15(21-16)12-20-11-14(18-19-20)10-17-13-4-5-13/h11,13,15,17H,1-10,12H2. The lowest BCUT2D eigenvalue weighted by Gasteiger charge is -2.33. The highest BCUT2D eigenvalue weighted by molar-refractivity contribution is 4.95. The molecule has 1 unspecified atom stereocenters. The van der Waals surface area contributed by atoms with Gasteiger partial charge in [0.25, 0.3) is 0 Å². The maximum atomic E-state index is 6.41. The molecule has 2 heterocycles. The van der Waals surface area contributed by atoms with E-state index in [-0.39, 0.29) is 5.60 Å². The zero-order chi connectivity index (χ0) is 14.1. The van der Waals surface area contributed by atoms with Gasteiger partial charge in [0, 0.05) is 18.8 Å². The molecule has 2 aliphatic carbocycles. The van der Waals surface area contributed by atoms with E-state index in [2.05, 4.69) is 21.8 Å². The van der Waals surface area contributed by atoms with E-state index in [0.29, 0.717) is 6.10 Å². The topological polar surface area (TPSA) is 52.0 Å². The first kappa shape index (κ1) is 13.7. The zero-order valence-electron chi connectivity index (χ0n) is 12.8. The molecular formula is C16H26N4O. The third-order valence-corrected chi connectivity index (χ3v) is 5.23. The third kappa shape index (κ3) is 3.29. The zero-order valence-corrected chi connectivity index (χ0v) is 12.8. The number of ether oxygens (including phenoxy) is 1. The summed E-state index contributed by atoms with van der Waals surface area (Å²) in [5, 5.41) is 12.0. The number of aromatic nitrogens is 3. The fourth-order valence-corrected chi connectivity index (χ4v) is 3.84. The van der Waals surface area contributed by atoms with Gasteiger partial charge in [0.05, 0.1) is 23.9 Å². The minimum absolute atomic E-state index is 0.208. The first-order valence-electron chi connectivity index (χ1n) is 8.62. The van der Waals surface area contributed by atoms with E-state index in [1.807, 2.05) is 4.68 Å². The molecule has 0 amide bonds. The van der Waals surface area contributed by atoms with Crippen molar-refractivity contribution < 1.29 is 4.74 Å². The van der Waals surface area contributed by atoms with Crippen LogP contribution in [0.25, 0.3) is 0 Å². The quantitative estimate of drug-likeness (QED) is 0.905. The van der Waals surface area contributed by atoms with Gasteiger partial charge in [0.1, 0.15) is 0 Å². The molecule has 0 radical (unpaired) electrons. The summed E-state index contributed by atoms with van der Waals surface area (Å²) in [6.45, 7) is 1.71. The second-order valence-corrected chi connectivity index (χ2v) is 7.11. The highest BCUT2D eigenvalue weighted by atomic mass is 16.5. The Hall–Kier alpha value is -0.940. The van der Waals surface area contributed by atoms with Gasteiger partial charge in [0.2, 0.25) is 0 Å². The van der Waals surface area contributed by atoms with Crippen LogP contribution in [-0.2, 0) is 17.8 Å². The summed E-state index contributed by atoms with van der Waals surface area (Å²) < 4.78 is 8.38. The third-order valence-electron chi connectivity index (χ3n) is 5.23. The molecule has 1 aromatic heterocycles. The normalized spacial score (nSPS) is 28.3. The molecule has 1 aliphatic heterocycles. The molecule has 0 aromatic carbocycles. The van der Waals surface area contributed by atoms with Gasteiger partial charge in [0.15, 0.2) is 0 Å². The summed E-state index contributed by atoms with van der Waals surface area (Å²) in [4.78, 5) is 0. The smallest absolute Gasteiger partial charge is 0.0964 e. The average Bonchev–Trinajstić information content (AvgIpc) is 3.11. The van der Waals surface area contributed by atoms with Crippen molar-refractivity contribution in [1.82, 2.24) is 20.3 Å². The van der Waals surface area contributed by atoms with Crippen LogP contribution in [0.2, 0.25) is 0 Å². The van der Waals surface area contributed by atoms with Crippen molar-refractivity contribution in [3.63, 3.8) is 0 Å². The van der Waals surface area contributed by atoms with E-state index in [4.69, 9.17) is 4.74 Å². The Morgan fingerprint density at radius 2 is 2.05 bits per heavy atom. The van der Waals surface area contributed by atoms with Gasteiger partial charge in [-0.1, -0.05) is 24.5 Å². The summed E-state index contributed by atoms with van der Waals surface area (Å²) >= 11 is 0. The fraction of sp³-hybridized carbons (Fsp3) is 0.875. The van der Waals surface area contributed by atoms with Crippen LogP contribution in [0.1, 0.15) is 63.5 Å². The van der Waals surface area contributed by atoms with Crippen molar-refractivity contribution >= 4 is 0 Å². The SMILES string of the molecule is c1c(CNC2CC2)nnn1CC1CCC2(CCCCC2)O1. The predicted molar refractivity (Wildman–Crippen MR) is 79.8 cm³/mol. The minimum atomic E-state index is 0.208. The first-order chi connectivity index (χ1) is 10.3. The Morgan fingerprint density at radius 3 is 2.86 bits per heavy atom. The second-order valence-electron chi connectivity index (χ2n) is 7.11. The lowest BCUT2D eigenvalue weighted by Crippen LogP contribution is -2.32. The Kier molecular flexibility index (Phi) is 3.71. The van der Waals surface area contributed by atoms with E-state index in [9.17, 15) is 0 Å². The molecule has 1 saturated heterocycles. The monoisotopic (exact) mass is 290 g/mol. The van der Waals surface area contributed by atoms with Gasteiger partial charge in [-0.3, -0.25) is 0 Å². The average molecular weight is 290 g/mol. The minimum Gasteiger partial charge on any atom is -0.370 e. The fourth-order valence-electron chi connectivity index (χ4n) is 3.84. The number of nitrogens with zero attached hydrogens (tertiary/aromatic N) is 3. The lowest BCUT2D eigenvalue weighted by molar-refractivity contribution is -0.0689. The Labute approximate surface area is 126 Å². The molecule has 5 nitrogen and oxygen atoms in total. The van der Waals surface area contributed by atoms with Crippen LogP contribution in [0.15, 0.2) is 6.20 Å². The number of hydrogen-bond donors (Lipinski definition) is 1. The van der Waals surface area contributed by atoms with Crippen molar-refractivity contribution in [2.75, 3.05) is 0 Å². The molecule has 116 valence electrons. The van der Waals surface area contributed by atoms with Crippen molar-refractivity contribution in [2.45, 2.75) is 88.6 Å². The Morgan fingerprint density at radius 1 is 1.19 bits per heavy atom. The van der Waals surface area contributed by atoms with Gasteiger partial charge in [-0.2, -0.15) is 0 Å². The molecule has 2 saturated carbocycles.